The monoisotopic (exact) mass is 285 g/mol. The van der Waals surface area contributed by atoms with E-state index >= 15 is 0 Å². The molecule has 1 aromatic carbocycles. The number of rotatable bonds is 4. The highest BCUT2D eigenvalue weighted by Crippen LogP contribution is 2.41. The first-order valence-electron chi connectivity index (χ1n) is 6.36. The topological polar surface area (TPSA) is 58.6 Å². The summed E-state index contributed by atoms with van der Waals surface area (Å²) < 4.78 is 32.7. The number of alkyl halides is 2. The number of aliphatic carboxylic acids is 1. The molecule has 110 valence electrons. The minimum Gasteiger partial charge on any atom is -0.496 e. The minimum atomic E-state index is -3.05. The standard InChI is InChI=1S/C14H17F2NO3/c1-14(15,16)12-9(4-3-5-11(12)20-2)10-6-8(7-17-10)13(18)19/h3-5,8,10,17H,6-7H2,1-2H3,(H,18,19). The molecule has 2 rings (SSSR count). The van der Waals surface area contributed by atoms with Gasteiger partial charge in [0.15, 0.2) is 0 Å². The van der Waals surface area contributed by atoms with Crippen LogP contribution in [-0.4, -0.2) is 24.7 Å². The number of methoxy groups -OCH3 is 1. The van der Waals surface area contributed by atoms with Crippen molar-refractivity contribution in [2.45, 2.75) is 25.3 Å². The van der Waals surface area contributed by atoms with Crippen molar-refractivity contribution in [2.75, 3.05) is 13.7 Å². The van der Waals surface area contributed by atoms with Gasteiger partial charge in [0.1, 0.15) is 5.75 Å². The summed E-state index contributed by atoms with van der Waals surface area (Å²) in [4.78, 5) is 11.0. The van der Waals surface area contributed by atoms with E-state index in [4.69, 9.17) is 9.84 Å². The van der Waals surface area contributed by atoms with Crippen LogP contribution in [0.25, 0.3) is 0 Å². The number of halogens is 2. The Bertz CT molecular complexity index is 514. The first-order valence-corrected chi connectivity index (χ1v) is 6.36. The van der Waals surface area contributed by atoms with E-state index in [1.54, 1.807) is 12.1 Å². The summed E-state index contributed by atoms with van der Waals surface area (Å²) in [6.07, 6.45) is 0.297. The first kappa shape index (κ1) is 14.7. The first-order chi connectivity index (χ1) is 9.34. The van der Waals surface area contributed by atoms with Crippen LogP contribution in [0.15, 0.2) is 18.2 Å². The molecular formula is C14H17F2NO3. The summed E-state index contributed by atoms with van der Waals surface area (Å²) in [7, 11) is 1.34. The molecule has 1 aliphatic rings. The zero-order chi connectivity index (χ0) is 14.9. The van der Waals surface area contributed by atoms with Crippen LogP contribution in [0.1, 0.15) is 30.5 Å². The third-order valence-electron chi connectivity index (χ3n) is 3.57. The smallest absolute Gasteiger partial charge is 0.307 e. The average Bonchev–Trinajstić information content (AvgIpc) is 2.86. The Balaban J connectivity index is 2.40. The van der Waals surface area contributed by atoms with Crippen LogP contribution in [0.3, 0.4) is 0 Å². The van der Waals surface area contributed by atoms with E-state index in [9.17, 15) is 13.6 Å². The lowest BCUT2D eigenvalue weighted by atomic mass is 9.92. The van der Waals surface area contributed by atoms with Crippen molar-refractivity contribution in [3.8, 4) is 5.75 Å². The molecule has 0 bridgehead atoms. The van der Waals surface area contributed by atoms with E-state index in [-0.39, 0.29) is 17.9 Å². The van der Waals surface area contributed by atoms with Gasteiger partial charge in [0.05, 0.1) is 18.6 Å². The summed E-state index contributed by atoms with van der Waals surface area (Å²) in [5, 5.41) is 12.0. The predicted octanol–water partition coefficient (Wildman–Crippen LogP) is 2.54. The van der Waals surface area contributed by atoms with Gasteiger partial charge in [0.25, 0.3) is 5.92 Å². The normalized spacial score (nSPS) is 22.8. The van der Waals surface area contributed by atoms with Crippen LogP contribution in [0.2, 0.25) is 0 Å². The summed E-state index contributed by atoms with van der Waals surface area (Å²) in [5.74, 6) is -4.39. The van der Waals surface area contributed by atoms with Crippen molar-refractivity contribution in [3.05, 3.63) is 29.3 Å². The summed E-state index contributed by atoms with van der Waals surface area (Å²) in [6.45, 7) is 1.10. The van der Waals surface area contributed by atoms with Crippen molar-refractivity contribution >= 4 is 5.97 Å². The molecule has 1 aromatic rings. The molecule has 4 nitrogen and oxygen atoms in total. The molecule has 0 saturated carbocycles. The number of hydrogen-bond donors (Lipinski definition) is 2. The van der Waals surface area contributed by atoms with Gasteiger partial charge in [-0.25, -0.2) is 8.78 Å². The largest absolute Gasteiger partial charge is 0.496 e. The molecule has 6 heteroatoms. The summed E-state index contributed by atoms with van der Waals surface area (Å²) in [6, 6.07) is 4.32. The molecule has 1 saturated heterocycles. The Morgan fingerprint density at radius 3 is 2.70 bits per heavy atom. The average molecular weight is 285 g/mol. The van der Waals surface area contributed by atoms with Crippen LogP contribution in [0.4, 0.5) is 8.78 Å². The van der Waals surface area contributed by atoms with Gasteiger partial charge in [-0.2, -0.15) is 0 Å². The third-order valence-corrected chi connectivity index (χ3v) is 3.57. The number of nitrogens with one attached hydrogen (secondary N) is 1. The lowest BCUT2D eigenvalue weighted by molar-refractivity contribution is -0.141. The van der Waals surface area contributed by atoms with Gasteiger partial charge >= 0.3 is 5.97 Å². The molecule has 0 aliphatic carbocycles. The second-order valence-electron chi connectivity index (χ2n) is 5.04. The van der Waals surface area contributed by atoms with E-state index in [1.807, 2.05) is 0 Å². The number of carboxylic acid groups (broad SMARTS) is 1. The number of hydrogen-bond acceptors (Lipinski definition) is 3. The fraction of sp³-hybridized carbons (Fsp3) is 0.500. The quantitative estimate of drug-likeness (QED) is 0.892. The Kier molecular flexibility index (Phi) is 3.94. The molecule has 1 aliphatic heterocycles. The molecule has 0 radical (unpaired) electrons. The van der Waals surface area contributed by atoms with E-state index in [2.05, 4.69) is 5.32 Å². The molecule has 1 fully saturated rings. The summed E-state index contributed by atoms with van der Waals surface area (Å²) in [5.41, 5.74) is 0.228. The molecule has 0 amide bonds. The van der Waals surface area contributed by atoms with E-state index in [1.165, 1.54) is 13.2 Å². The van der Waals surface area contributed by atoms with E-state index < -0.39 is 23.9 Å². The van der Waals surface area contributed by atoms with Gasteiger partial charge in [-0.15, -0.1) is 0 Å². The maximum Gasteiger partial charge on any atom is 0.307 e. The lowest BCUT2D eigenvalue weighted by Gasteiger charge is -2.22. The zero-order valence-electron chi connectivity index (χ0n) is 11.3. The molecule has 2 N–H and O–H groups in total. The fourth-order valence-corrected chi connectivity index (χ4v) is 2.64. The van der Waals surface area contributed by atoms with Crippen molar-refractivity contribution in [1.82, 2.24) is 5.32 Å². The van der Waals surface area contributed by atoms with Gasteiger partial charge in [-0.1, -0.05) is 12.1 Å². The van der Waals surface area contributed by atoms with E-state index in [0.717, 1.165) is 6.92 Å². The molecular weight excluding hydrogens is 268 g/mol. The second kappa shape index (κ2) is 5.36. The minimum absolute atomic E-state index is 0.121. The number of ether oxygens (including phenoxy) is 1. The Morgan fingerprint density at radius 2 is 2.20 bits per heavy atom. The maximum atomic E-state index is 13.8. The number of benzene rings is 1. The highest BCUT2D eigenvalue weighted by molar-refractivity contribution is 5.71. The number of carbonyl (C=O) groups is 1. The molecule has 2 atom stereocenters. The van der Waals surface area contributed by atoms with E-state index in [0.29, 0.717) is 12.0 Å². The van der Waals surface area contributed by atoms with Gasteiger partial charge in [-0.3, -0.25) is 4.79 Å². The fourth-order valence-electron chi connectivity index (χ4n) is 2.64. The van der Waals surface area contributed by atoms with Crippen molar-refractivity contribution in [1.29, 1.82) is 0 Å². The van der Waals surface area contributed by atoms with Gasteiger partial charge in [0, 0.05) is 19.5 Å². The van der Waals surface area contributed by atoms with Gasteiger partial charge in [-0.05, 0) is 18.1 Å². The van der Waals surface area contributed by atoms with Crippen LogP contribution in [0, 0.1) is 5.92 Å². The van der Waals surface area contributed by atoms with Crippen LogP contribution in [-0.2, 0) is 10.7 Å². The van der Waals surface area contributed by atoms with Crippen molar-refractivity contribution in [3.63, 3.8) is 0 Å². The Labute approximate surface area is 115 Å². The van der Waals surface area contributed by atoms with Crippen LogP contribution >= 0.6 is 0 Å². The van der Waals surface area contributed by atoms with Crippen molar-refractivity contribution < 1.29 is 23.4 Å². The third kappa shape index (κ3) is 2.75. The van der Waals surface area contributed by atoms with Crippen molar-refractivity contribution in [2.24, 2.45) is 5.92 Å². The number of carboxylic acids is 1. The molecule has 0 spiro atoms. The molecule has 20 heavy (non-hydrogen) atoms. The maximum absolute atomic E-state index is 13.8. The lowest BCUT2D eigenvalue weighted by Crippen LogP contribution is -2.20. The van der Waals surface area contributed by atoms with Gasteiger partial charge < -0.3 is 15.2 Å². The Morgan fingerprint density at radius 1 is 1.50 bits per heavy atom. The Hall–Kier alpha value is -1.69. The molecule has 2 unspecified atom stereocenters. The predicted molar refractivity (Wildman–Crippen MR) is 69.0 cm³/mol. The SMILES string of the molecule is COc1cccc(C2CC(C(=O)O)CN2)c1C(C)(F)F. The highest BCUT2D eigenvalue weighted by atomic mass is 19.3. The zero-order valence-corrected chi connectivity index (χ0v) is 11.3. The molecule has 0 aromatic heterocycles. The second-order valence-corrected chi connectivity index (χ2v) is 5.04. The van der Waals surface area contributed by atoms with Gasteiger partial charge in [0.2, 0.25) is 0 Å². The van der Waals surface area contributed by atoms with Crippen LogP contribution in [0.5, 0.6) is 5.75 Å². The summed E-state index contributed by atoms with van der Waals surface area (Å²) >= 11 is 0. The highest BCUT2D eigenvalue weighted by Gasteiger charge is 2.37. The molecule has 1 heterocycles. The van der Waals surface area contributed by atoms with Crippen LogP contribution < -0.4 is 10.1 Å².